The van der Waals surface area contributed by atoms with Gasteiger partial charge in [0, 0.05) is 22.9 Å². The minimum absolute atomic E-state index is 0. The molecule has 0 radical (unpaired) electrons. The monoisotopic (exact) mass is 490 g/mol. The molecule has 0 aromatic heterocycles. The number of para-hydroxylation sites is 2. The molecule has 3 nitrogen and oxygen atoms in total. The maximum absolute atomic E-state index is 6.24. The van der Waals surface area contributed by atoms with Crippen LogP contribution in [-0.2, 0) is 21.2 Å². The van der Waals surface area contributed by atoms with Gasteiger partial charge in [0.05, 0.1) is 11.4 Å². The molecule has 33 heavy (non-hydrogen) atoms. The first kappa shape index (κ1) is 27.3. The van der Waals surface area contributed by atoms with Crippen molar-refractivity contribution < 1.29 is 21.2 Å². The zero-order valence-corrected chi connectivity index (χ0v) is 22.7. The molecular formula is C29H40N2NiO. The Balaban J connectivity index is 0.00000385. The van der Waals surface area contributed by atoms with Gasteiger partial charge < -0.3 is 4.74 Å². The van der Waals surface area contributed by atoms with Crippen molar-refractivity contribution in [2.75, 3.05) is 0 Å². The zero-order valence-electron chi connectivity index (χ0n) is 21.7. The molecule has 0 amide bonds. The van der Waals surface area contributed by atoms with E-state index in [0.29, 0.717) is 29.6 Å². The minimum atomic E-state index is 0. The van der Waals surface area contributed by atoms with Crippen molar-refractivity contribution in [2.45, 2.75) is 98.5 Å². The Morgan fingerprint density at radius 2 is 1.03 bits per heavy atom. The topological polar surface area (TPSA) is 34.0 Å². The fraction of sp³-hybridized carbons (Fsp3) is 0.517. The summed E-state index contributed by atoms with van der Waals surface area (Å²) in [6, 6.07) is 13.1. The van der Waals surface area contributed by atoms with Crippen LogP contribution in [0.2, 0.25) is 0 Å². The number of ether oxygens (including phenoxy) is 1. The molecule has 0 N–H and O–H groups in total. The number of rotatable bonds is 6. The van der Waals surface area contributed by atoms with Gasteiger partial charge >= 0.3 is 0 Å². The second-order valence-corrected chi connectivity index (χ2v) is 10.3. The summed E-state index contributed by atoms with van der Waals surface area (Å²) in [7, 11) is 0. The quantitative estimate of drug-likeness (QED) is 0.372. The van der Waals surface area contributed by atoms with Crippen LogP contribution in [0.4, 0.5) is 11.4 Å². The number of hydrogen-bond donors (Lipinski definition) is 0. The molecule has 2 aromatic carbocycles. The standard InChI is InChI=1S/C29H40N2O.Ni/c1-17(2)22-12-10-13-23(18(3)4)27(22)30-26-16-21(9)32-29(26)31-28-24(19(5)6)14-11-15-25(28)20(7)8;/h10-15,17-21H,16H2,1-9H3;. The first-order valence-electron chi connectivity index (χ1n) is 12.2. The molecule has 3 rings (SSSR count). The van der Waals surface area contributed by atoms with E-state index < -0.39 is 0 Å². The normalized spacial score (nSPS) is 18.6. The molecule has 0 saturated carbocycles. The van der Waals surface area contributed by atoms with Gasteiger partial charge in [0.25, 0.3) is 0 Å². The average Bonchev–Trinajstić information content (AvgIpc) is 3.06. The fourth-order valence-corrected chi connectivity index (χ4v) is 4.36. The number of aliphatic imine (C=N–C) groups is 2. The average molecular weight is 491 g/mol. The molecule has 1 fully saturated rings. The maximum atomic E-state index is 6.24. The summed E-state index contributed by atoms with van der Waals surface area (Å²) in [4.78, 5) is 10.4. The van der Waals surface area contributed by atoms with Crippen LogP contribution in [0.15, 0.2) is 46.4 Å². The van der Waals surface area contributed by atoms with E-state index in [-0.39, 0.29) is 22.6 Å². The zero-order chi connectivity index (χ0) is 23.6. The van der Waals surface area contributed by atoms with Crippen molar-refractivity contribution in [3.05, 3.63) is 58.7 Å². The summed E-state index contributed by atoms with van der Waals surface area (Å²) < 4.78 is 6.24. The number of benzene rings is 2. The van der Waals surface area contributed by atoms with E-state index in [9.17, 15) is 0 Å². The molecular weight excluding hydrogens is 451 g/mol. The molecule has 1 unspecified atom stereocenters. The van der Waals surface area contributed by atoms with Gasteiger partial charge in [0.2, 0.25) is 5.90 Å². The molecule has 1 atom stereocenters. The molecule has 0 bridgehead atoms. The van der Waals surface area contributed by atoms with Gasteiger partial charge in [-0.2, -0.15) is 0 Å². The van der Waals surface area contributed by atoms with E-state index in [4.69, 9.17) is 14.7 Å². The summed E-state index contributed by atoms with van der Waals surface area (Å²) >= 11 is 0. The third kappa shape index (κ3) is 6.15. The number of hydrogen-bond acceptors (Lipinski definition) is 3. The van der Waals surface area contributed by atoms with Crippen molar-refractivity contribution in [1.29, 1.82) is 0 Å². The summed E-state index contributed by atoms with van der Waals surface area (Å²) in [6.45, 7) is 20.0. The second-order valence-electron chi connectivity index (χ2n) is 10.3. The van der Waals surface area contributed by atoms with Crippen LogP contribution in [0.3, 0.4) is 0 Å². The predicted molar refractivity (Wildman–Crippen MR) is 139 cm³/mol. The Hall–Kier alpha value is -1.93. The fourth-order valence-electron chi connectivity index (χ4n) is 4.36. The Kier molecular flexibility index (Phi) is 9.50. The van der Waals surface area contributed by atoms with Crippen molar-refractivity contribution in [2.24, 2.45) is 9.98 Å². The van der Waals surface area contributed by atoms with Crippen molar-refractivity contribution in [3.63, 3.8) is 0 Å². The van der Waals surface area contributed by atoms with Gasteiger partial charge in [-0.05, 0) is 52.8 Å². The van der Waals surface area contributed by atoms with Crippen LogP contribution < -0.4 is 0 Å². The largest absolute Gasteiger partial charge is 0.473 e. The Morgan fingerprint density at radius 3 is 1.39 bits per heavy atom. The van der Waals surface area contributed by atoms with Crippen LogP contribution in [0.1, 0.15) is 115 Å². The molecule has 182 valence electrons. The third-order valence-electron chi connectivity index (χ3n) is 6.19. The van der Waals surface area contributed by atoms with Crippen molar-refractivity contribution in [3.8, 4) is 0 Å². The summed E-state index contributed by atoms with van der Waals surface area (Å²) in [5.74, 6) is 2.27. The van der Waals surface area contributed by atoms with Crippen molar-refractivity contribution in [1.82, 2.24) is 0 Å². The van der Waals surface area contributed by atoms with Crippen LogP contribution in [0.5, 0.6) is 0 Å². The van der Waals surface area contributed by atoms with Crippen LogP contribution in [-0.4, -0.2) is 17.7 Å². The predicted octanol–water partition coefficient (Wildman–Crippen LogP) is 8.79. The third-order valence-corrected chi connectivity index (χ3v) is 6.19. The van der Waals surface area contributed by atoms with Crippen LogP contribution in [0.25, 0.3) is 0 Å². The van der Waals surface area contributed by atoms with Gasteiger partial charge in [-0.25, -0.2) is 9.98 Å². The van der Waals surface area contributed by atoms with E-state index in [1.165, 1.54) is 22.3 Å². The summed E-state index contributed by atoms with van der Waals surface area (Å²) in [6.07, 6.45) is 0.860. The van der Waals surface area contributed by atoms with E-state index in [1.54, 1.807) is 0 Å². The Bertz CT molecular complexity index is 884. The van der Waals surface area contributed by atoms with Gasteiger partial charge in [0.15, 0.2) is 0 Å². The first-order valence-corrected chi connectivity index (χ1v) is 12.2. The molecule has 4 heteroatoms. The van der Waals surface area contributed by atoms with Crippen molar-refractivity contribution >= 4 is 23.0 Å². The first-order chi connectivity index (χ1) is 15.1. The Labute approximate surface area is 211 Å². The van der Waals surface area contributed by atoms with Crippen LogP contribution >= 0.6 is 0 Å². The van der Waals surface area contributed by atoms with E-state index >= 15 is 0 Å². The minimum Gasteiger partial charge on any atom is -0.473 e. The molecule has 1 saturated heterocycles. The van der Waals surface area contributed by atoms with Gasteiger partial charge in [-0.15, -0.1) is 0 Å². The molecule has 2 aromatic rings. The molecule has 1 aliphatic heterocycles. The second kappa shape index (κ2) is 11.5. The van der Waals surface area contributed by atoms with Crippen LogP contribution in [0, 0.1) is 0 Å². The molecule has 1 heterocycles. The molecule has 1 aliphatic rings. The van der Waals surface area contributed by atoms with E-state index in [2.05, 4.69) is 98.7 Å². The van der Waals surface area contributed by atoms with Gasteiger partial charge in [0.1, 0.15) is 11.8 Å². The van der Waals surface area contributed by atoms with E-state index in [1.807, 2.05) is 0 Å². The van der Waals surface area contributed by atoms with E-state index in [0.717, 1.165) is 23.5 Å². The summed E-state index contributed by atoms with van der Waals surface area (Å²) in [5.41, 5.74) is 8.20. The summed E-state index contributed by atoms with van der Waals surface area (Å²) in [5, 5.41) is 0. The van der Waals surface area contributed by atoms with Gasteiger partial charge in [-0.1, -0.05) is 91.8 Å². The smallest absolute Gasteiger partial charge is 0.236 e. The maximum Gasteiger partial charge on any atom is 0.236 e. The SMILES string of the molecule is CC1CC(=Nc2c(C(C)C)cccc2C(C)C)C(=Nc2c(C(C)C)cccc2C(C)C)O1.[Ni]. The van der Waals surface area contributed by atoms with Gasteiger partial charge in [-0.3, -0.25) is 0 Å². The molecule has 0 aliphatic carbocycles. The Morgan fingerprint density at radius 1 is 0.667 bits per heavy atom. The molecule has 0 spiro atoms. The number of nitrogens with zero attached hydrogens (tertiary/aromatic N) is 2.